The Labute approximate surface area is 223 Å². The Hall–Kier alpha value is -3.85. The molecule has 0 aliphatic heterocycles. The zero-order valence-corrected chi connectivity index (χ0v) is 21.9. The van der Waals surface area contributed by atoms with E-state index in [1.807, 2.05) is 0 Å². The molecule has 0 radical (unpaired) electrons. The third-order valence-electron chi connectivity index (χ3n) is 5.18. The number of carboxylic acids is 1. The number of rotatable bonds is 16. The molecule has 10 N–H and O–H groups in total. The van der Waals surface area contributed by atoms with E-state index in [4.69, 9.17) is 16.6 Å². The lowest BCUT2D eigenvalue weighted by atomic mass is 10.0. The molecule has 0 aliphatic carbocycles. The van der Waals surface area contributed by atoms with Crippen LogP contribution in [0.2, 0.25) is 0 Å². The summed E-state index contributed by atoms with van der Waals surface area (Å²) >= 11 is 1.42. The number of hydrogen-bond donors (Lipinski definition) is 8. The number of aliphatic carboxylic acids is 1. The van der Waals surface area contributed by atoms with Gasteiger partial charge in [-0.25, -0.2) is 0 Å². The van der Waals surface area contributed by atoms with Crippen LogP contribution in [0.15, 0.2) is 24.3 Å². The predicted molar refractivity (Wildman–Crippen MR) is 139 cm³/mol. The number of phenolic OH excluding ortho intramolecular Hbond substituents is 1. The molecule has 5 amide bonds. The molecule has 0 fully saturated rings. The Kier molecular flexibility index (Phi) is 13.6. The molecule has 1 aromatic carbocycles. The highest BCUT2D eigenvalue weighted by molar-refractivity contribution is 7.98. The van der Waals surface area contributed by atoms with Gasteiger partial charge in [0.2, 0.25) is 29.5 Å². The summed E-state index contributed by atoms with van der Waals surface area (Å²) in [7, 11) is 0. The molecule has 4 atom stereocenters. The number of carboxylic acid groups (broad SMARTS) is 1. The normalized spacial score (nSPS) is 13.8. The summed E-state index contributed by atoms with van der Waals surface area (Å²) in [6.07, 6.45) is 1.54. The molecular formula is C23H34N6O8S. The van der Waals surface area contributed by atoms with Crippen molar-refractivity contribution >= 4 is 47.3 Å². The number of hydrogen-bond acceptors (Lipinski definition) is 9. The number of primary amides is 1. The second-order valence-corrected chi connectivity index (χ2v) is 9.38. The molecule has 210 valence electrons. The van der Waals surface area contributed by atoms with Crippen molar-refractivity contribution in [1.29, 1.82) is 0 Å². The minimum absolute atomic E-state index is 0.00301. The summed E-state index contributed by atoms with van der Waals surface area (Å²) in [6.45, 7) is 0.734. The van der Waals surface area contributed by atoms with Gasteiger partial charge in [-0.3, -0.25) is 28.8 Å². The standard InChI is InChI=1S/C23H34N6O8S/c1-12(23(36)37)27-22(35)16(7-8-38-2)28-19(32)11-26-21(34)17(9-13-3-5-14(30)6-4-13)29-20(33)15(24)10-18(25)31/h3-6,12,15-17,30H,7-11,24H2,1-2H3,(H2,25,31)(H,26,34)(H,27,35)(H,28,32)(H,29,33)(H,36,37)/t12-,15-,16-,17-/m0/s1. The summed E-state index contributed by atoms with van der Waals surface area (Å²) in [5, 5.41) is 28.0. The molecule has 0 spiro atoms. The highest BCUT2D eigenvalue weighted by atomic mass is 32.2. The van der Waals surface area contributed by atoms with Crippen LogP contribution in [0.3, 0.4) is 0 Å². The van der Waals surface area contributed by atoms with Crippen molar-refractivity contribution in [3.63, 3.8) is 0 Å². The number of amides is 5. The Morgan fingerprint density at radius 1 is 0.947 bits per heavy atom. The van der Waals surface area contributed by atoms with Gasteiger partial charge in [0.15, 0.2) is 0 Å². The maximum Gasteiger partial charge on any atom is 0.325 e. The lowest BCUT2D eigenvalue weighted by Crippen LogP contribution is -2.55. The number of nitrogens with one attached hydrogen (secondary N) is 4. The van der Waals surface area contributed by atoms with Crippen LogP contribution < -0.4 is 32.7 Å². The number of carbonyl (C=O) groups is 6. The fraction of sp³-hybridized carbons (Fsp3) is 0.478. The first-order valence-electron chi connectivity index (χ1n) is 11.5. The Morgan fingerprint density at radius 2 is 1.58 bits per heavy atom. The number of thioether (sulfide) groups is 1. The van der Waals surface area contributed by atoms with E-state index < -0.39 is 72.6 Å². The van der Waals surface area contributed by atoms with Crippen LogP contribution in [0, 0.1) is 0 Å². The van der Waals surface area contributed by atoms with E-state index >= 15 is 0 Å². The van der Waals surface area contributed by atoms with Crippen LogP contribution in [0.1, 0.15) is 25.3 Å². The van der Waals surface area contributed by atoms with Gasteiger partial charge in [-0.05, 0) is 43.0 Å². The van der Waals surface area contributed by atoms with E-state index in [9.17, 15) is 33.9 Å². The second-order valence-electron chi connectivity index (χ2n) is 8.40. The molecule has 0 saturated carbocycles. The van der Waals surface area contributed by atoms with E-state index in [-0.39, 0.29) is 18.6 Å². The molecule has 15 heteroatoms. The van der Waals surface area contributed by atoms with Gasteiger partial charge < -0.3 is 42.9 Å². The van der Waals surface area contributed by atoms with E-state index in [2.05, 4.69) is 21.3 Å². The van der Waals surface area contributed by atoms with Crippen molar-refractivity contribution in [1.82, 2.24) is 21.3 Å². The zero-order chi connectivity index (χ0) is 28.8. The van der Waals surface area contributed by atoms with Gasteiger partial charge in [0.25, 0.3) is 0 Å². The molecule has 1 rings (SSSR count). The topological polar surface area (TPSA) is 243 Å². The van der Waals surface area contributed by atoms with Gasteiger partial charge in [-0.2, -0.15) is 11.8 Å². The van der Waals surface area contributed by atoms with Gasteiger partial charge in [0, 0.05) is 6.42 Å². The average Bonchev–Trinajstić information content (AvgIpc) is 2.85. The van der Waals surface area contributed by atoms with E-state index in [0.29, 0.717) is 11.3 Å². The second kappa shape index (κ2) is 16.1. The van der Waals surface area contributed by atoms with Crippen LogP contribution in [0.4, 0.5) is 0 Å². The lowest BCUT2D eigenvalue weighted by Gasteiger charge is -2.22. The maximum atomic E-state index is 12.9. The largest absolute Gasteiger partial charge is 0.508 e. The van der Waals surface area contributed by atoms with Crippen molar-refractivity contribution in [3.05, 3.63) is 29.8 Å². The van der Waals surface area contributed by atoms with Crippen molar-refractivity contribution in [2.24, 2.45) is 11.5 Å². The summed E-state index contributed by atoms with van der Waals surface area (Å²) in [5.41, 5.74) is 11.3. The molecule has 0 heterocycles. The third-order valence-corrected chi connectivity index (χ3v) is 5.83. The first-order chi connectivity index (χ1) is 17.8. The Bertz CT molecular complexity index is 1010. The minimum Gasteiger partial charge on any atom is -0.508 e. The molecule has 0 bridgehead atoms. The monoisotopic (exact) mass is 554 g/mol. The first-order valence-corrected chi connectivity index (χ1v) is 12.9. The summed E-state index contributed by atoms with van der Waals surface area (Å²) in [6, 6.07) is 1.15. The predicted octanol–water partition coefficient (Wildman–Crippen LogP) is -2.43. The lowest BCUT2D eigenvalue weighted by molar-refractivity contribution is -0.141. The molecule has 0 unspecified atom stereocenters. The van der Waals surface area contributed by atoms with Gasteiger partial charge >= 0.3 is 5.97 Å². The van der Waals surface area contributed by atoms with Crippen LogP contribution in [-0.4, -0.2) is 88.4 Å². The van der Waals surface area contributed by atoms with Gasteiger partial charge in [0.1, 0.15) is 23.9 Å². The fourth-order valence-corrected chi connectivity index (χ4v) is 3.55. The number of aromatic hydroxyl groups is 1. The fourth-order valence-electron chi connectivity index (χ4n) is 3.08. The molecule has 14 nitrogen and oxygen atoms in total. The highest BCUT2D eigenvalue weighted by Crippen LogP contribution is 2.12. The zero-order valence-electron chi connectivity index (χ0n) is 21.1. The van der Waals surface area contributed by atoms with E-state index in [0.717, 1.165) is 0 Å². The number of benzene rings is 1. The number of phenols is 1. The van der Waals surface area contributed by atoms with Gasteiger partial charge in [0.05, 0.1) is 19.0 Å². The van der Waals surface area contributed by atoms with Crippen LogP contribution in [0.5, 0.6) is 5.75 Å². The molecule has 38 heavy (non-hydrogen) atoms. The quantitative estimate of drug-likeness (QED) is 0.107. The van der Waals surface area contributed by atoms with E-state index in [1.54, 1.807) is 6.26 Å². The van der Waals surface area contributed by atoms with Crippen molar-refractivity contribution in [2.75, 3.05) is 18.6 Å². The summed E-state index contributed by atoms with van der Waals surface area (Å²) in [5.74, 6) is -4.52. The number of carbonyl (C=O) groups excluding carboxylic acids is 5. The molecular weight excluding hydrogens is 520 g/mol. The molecule has 0 aromatic heterocycles. The SMILES string of the molecule is CSCC[C@H](NC(=O)CNC(=O)[C@H](Cc1ccc(O)cc1)NC(=O)[C@@H](N)CC(N)=O)C(=O)N[C@@H](C)C(=O)O. The number of nitrogens with two attached hydrogens (primary N) is 2. The molecule has 0 aliphatic rings. The van der Waals surface area contributed by atoms with Crippen LogP contribution in [0.25, 0.3) is 0 Å². The van der Waals surface area contributed by atoms with Crippen LogP contribution >= 0.6 is 11.8 Å². The molecule has 1 aromatic rings. The maximum absolute atomic E-state index is 12.9. The van der Waals surface area contributed by atoms with Gasteiger partial charge in [-0.1, -0.05) is 12.1 Å². The average molecular weight is 555 g/mol. The Balaban J connectivity index is 2.88. The minimum atomic E-state index is -1.30. The highest BCUT2D eigenvalue weighted by Gasteiger charge is 2.27. The van der Waals surface area contributed by atoms with E-state index in [1.165, 1.54) is 43.0 Å². The van der Waals surface area contributed by atoms with Crippen molar-refractivity contribution < 1.29 is 39.0 Å². The summed E-state index contributed by atoms with van der Waals surface area (Å²) < 4.78 is 0. The smallest absolute Gasteiger partial charge is 0.325 e. The first kappa shape index (κ1) is 32.2. The van der Waals surface area contributed by atoms with Crippen LogP contribution in [-0.2, 0) is 35.2 Å². The molecule has 0 saturated heterocycles. The summed E-state index contributed by atoms with van der Waals surface area (Å²) in [4.78, 5) is 72.3. The van der Waals surface area contributed by atoms with Crippen molar-refractivity contribution in [2.45, 2.75) is 50.4 Å². The Morgan fingerprint density at radius 3 is 2.13 bits per heavy atom. The van der Waals surface area contributed by atoms with Gasteiger partial charge in [-0.15, -0.1) is 0 Å². The van der Waals surface area contributed by atoms with Crippen molar-refractivity contribution in [3.8, 4) is 5.75 Å². The third kappa shape index (κ3) is 11.9.